The first-order valence-electron chi connectivity index (χ1n) is 13.7. The number of rotatable bonds is 7. The number of ether oxygens (including phenoxy) is 2. The monoisotopic (exact) mass is 566 g/mol. The zero-order chi connectivity index (χ0) is 29.1. The molecule has 0 saturated carbocycles. The highest BCUT2D eigenvalue weighted by Gasteiger charge is 2.64. The molecule has 0 bridgehead atoms. The van der Waals surface area contributed by atoms with Gasteiger partial charge >= 0.3 is 6.18 Å². The number of hydrogen-bond acceptors (Lipinski definition) is 4. The summed E-state index contributed by atoms with van der Waals surface area (Å²) in [4.78, 5) is 27.5. The van der Waals surface area contributed by atoms with E-state index in [0.717, 1.165) is 18.2 Å². The van der Waals surface area contributed by atoms with Gasteiger partial charge < -0.3 is 19.7 Å². The number of alkyl halides is 3. The van der Waals surface area contributed by atoms with E-state index in [1.54, 1.807) is 6.07 Å². The first-order chi connectivity index (χ1) is 19.7. The average molecular weight is 567 g/mol. The maximum atomic E-state index is 14.5. The molecule has 9 heteroatoms. The van der Waals surface area contributed by atoms with Crippen molar-refractivity contribution in [1.29, 1.82) is 0 Å². The van der Waals surface area contributed by atoms with E-state index in [4.69, 9.17) is 9.47 Å². The van der Waals surface area contributed by atoms with Crippen molar-refractivity contribution in [2.45, 2.75) is 43.6 Å². The minimum atomic E-state index is -4.97. The molecule has 1 spiro atoms. The normalized spacial score (nSPS) is 20.2. The summed E-state index contributed by atoms with van der Waals surface area (Å²) in [6.07, 6.45) is -4.01. The average Bonchev–Trinajstić information content (AvgIpc) is 2.98. The van der Waals surface area contributed by atoms with Gasteiger partial charge in [0.15, 0.2) is 0 Å². The maximum Gasteiger partial charge on any atom is 0.430 e. The van der Waals surface area contributed by atoms with Gasteiger partial charge in [0.05, 0.1) is 0 Å². The molecule has 3 aromatic carbocycles. The number of benzene rings is 3. The minimum absolute atomic E-state index is 0.0731. The number of halogens is 3. The Kier molecular flexibility index (Phi) is 8.09. The fraction of sp³-hybridized carbons (Fsp3) is 0.375. The Morgan fingerprint density at radius 3 is 2.20 bits per heavy atom. The van der Waals surface area contributed by atoms with E-state index < -0.39 is 23.1 Å². The summed E-state index contributed by atoms with van der Waals surface area (Å²) in [5.74, 6) is -0.672. The molecule has 0 aliphatic carbocycles. The van der Waals surface area contributed by atoms with Crippen LogP contribution in [0.2, 0.25) is 0 Å². The predicted octanol–water partition coefficient (Wildman–Crippen LogP) is 5.58. The smallest absolute Gasteiger partial charge is 0.430 e. The zero-order valence-electron chi connectivity index (χ0n) is 22.8. The van der Waals surface area contributed by atoms with Gasteiger partial charge in [-0.25, -0.2) is 0 Å². The summed E-state index contributed by atoms with van der Waals surface area (Å²) in [7, 11) is 0.914. The first kappa shape index (κ1) is 28.7. The molecule has 2 heterocycles. The quantitative estimate of drug-likeness (QED) is 0.406. The number of nitrogens with zero attached hydrogens (tertiary/aromatic N) is 1. The molecule has 2 aliphatic heterocycles. The highest BCUT2D eigenvalue weighted by molar-refractivity contribution is 5.88. The standard InChI is InChI=1S/C32H33F3N2O4/c1-40-31(32(33,34)35,24-12-6-3-7-13-24)29(39)37-18-16-30(17-19-37)20-28(38)36-21-26(30)25-14-8-9-15-27(25)41-22-23-10-4-2-5-11-23/h2-15,26H,16-22H2,1H3,(H,36,38)/t26-,31-/m1/s1. The molecule has 2 fully saturated rings. The number of hydrogen-bond donors (Lipinski definition) is 1. The molecule has 2 atom stereocenters. The van der Waals surface area contributed by atoms with Crippen LogP contribution >= 0.6 is 0 Å². The molecule has 2 saturated heterocycles. The lowest BCUT2D eigenvalue weighted by Gasteiger charge is -2.50. The van der Waals surface area contributed by atoms with Crippen LogP contribution in [0.25, 0.3) is 0 Å². The number of carbonyl (C=O) groups is 2. The molecule has 5 rings (SSSR count). The van der Waals surface area contributed by atoms with Gasteiger partial charge in [-0.1, -0.05) is 78.9 Å². The van der Waals surface area contributed by atoms with E-state index in [1.165, 1.54) is 29.2 Å². The van der Waals surface area contributed by atoms with Crippen LogP contribution in [0, 0.1) is 5.41 Å². The number of piperidine rings is 2. The van der Waals surface area contributed by atoms with Gasteiger partial charge in [-0.2, -0.15) is 13.2 Å². The Bertz CT molecular complexity index is 1360. The van der Waals surface area contributed by atoms with E-state index in [-0.39, 0.29) is 36.9 Å². The van der Waals surface area contributed by atoms with Gasteiger partial charge in [0.1, 0.15) is 12.4 Å². The van der Waals surface area contributed by atoms with Crippen molar-refractivity contribution < 1.29 is 32.2 Å². The summed E-state index contributed by atoms with van der Waals surface area (Å²) >= 11 is 0. The van der Waals surface area contributed by atoms with Crippen molar-refractivity contribution in [3.63, 3.8) is 0 Å². The Morgan fingerprint density at radius 2 is 1.56 bits per heavy atom. The summed E-state index contributed by atoms with van der Waals surface area (Å²) in [6.45, 7) is 0.905. The van der Waals surface area contributed by atoms with E-state index in [2.05, 4.69) is 5.32 Å². The number of para-hydroxylation sites is 1. The van der Waals surface area contributed by atoms with Crippen LogP contribution < -0.4 is 10.1 Å². The van der Waals surface area contributed by atoms with Crippen molar-refractivity contribution in [3.05, 3.63) is 102 Å². The zero-order valence-corrected chi connectivity index (χ0v) is 22.8. The maximum absolute atomic E-state index is 14.5. The van der Waals surface area contributed by atoms with E-state index in [0.29, 0.717) is 31.7 Å². The van der Waals surface area contributed by atoms with Gasteiger partial charge in [0.2, 0.25) is 5.91 Å². The van der Waals surface area contributed by atoms with Crippen molar-refractivity contribution in [1.82, 2.24) is 10.2 Å². The minimum Gasteiger partial charge on any atom is -0.489 e. The molecular weight excluding hydrogens is 533 g/mol. The third-order valence-corrected chi connectivity index (χ3v) is 8.52. The SMILES string of the molecule is CO[C@@](C(=O)N1CCC2(CC1)CC(=O)NC[C@@H]2c1ccccc1OCc1ccccc1)(c1ccccc1)C(F)(F)F. The molecule has 41 heavy (non-hydrogen) atoms. The second-order valence-electron chi connectivity index (χ2n) is 10.7. The second-order valence-corrected chi connectivity index (χ2v) is 10.7. The summed E-state index contributed by atoms with van der Waals surface area (Å²) in [5.41, 5.74) is -1.95. The first-order valence-corrected chi connectivity index (χ1v) is 13.7. The van der Waals surface area contributed by atoms with Gasteiger partial charge in [-0.05, 0) is 35.4 Å². The van der Waals surface area contributed by atoms with Gasteiger partial charge in [0, 0.05) is 44.6 Å². The summed E-state index contributed by atoms with van der Waals surface area (Å²) in [6, 6.07) is 24.5. The molecule has 0 unspecified atom stereocenters. The Morgan fingerprint density at radius 1 is 0.951 bits per heavy atom. The summed E-state index contributed by atoms with van der Waals surface area (Å²) in [5, 5.41) is 2.97. The fourth-order valence-corrected chi connectivity index (χ4v) is 6.32. The van der Waals surface area contributed by atoms with Crippen LogP contribution in [0.1, 0.15) is 41.9 Å². The van der Waals surface area contributed by atoms with Crippen molar-refractivity contribution in [2.24, 2.45) is 5.41 Å². The molecule has 2 amide bonds. The predicted molar refractivity (Wildman–Crippen MR) is 147 cm³/mol. The third-order valence-electron chi connectivity index (χ3n) is 8.52. The van der Waals surface area contributed by atoms with Crippen LogP contribution in [0.5, 0.6) is 5.75 Å². The van der Waals surface area contributed by atoms with Gasteiger partial charge in [-0.15, -0.1) is 0 Å². The number of likely N-dealkylation sites (tertiary alicyclic amines) is 1. The number of nitrogens with one attached hydrogen (secondary N) is 1. The number of methoxy groups -OCH3 is 1. The van der Waals surface area contributed by atoms with Crippen LogP contribution in [0.4, 0.5) is 13.2 Å². The Balaban J connectivity index is 1.40. The van der Waals surface area contributed by atoms with Crippen LogP contribution in [-0.4, -0.2) is 49.6 Å². The van der Waals surface area contributed by atoms with Crippen LogP contribution in [-0.2, 0) is 26.5 Å². The molecular formula is C32H33F3N2O4. The van der Waals surface area contributed by atoms with E-state index >= 15 is 0 Å². The number of carbonyl (C=O) groups excluding carboxylic acids is 2. The third kappa shape index (κ3) is 5.43. The molecule has 1 N–H and O–H groups in total. The van der Waals surface area contributed by atoms with Crippen molar-refractivity contribution in [3.8, 4) is 5.75 Å². The Labute approximate surface area is 237 Å². The molecule has 0 radical (unpaired) electrons. The van der Waals surface area contributed by atoms with Gasteiger partial charge in [0.25, 0.3) is 11.5 Å². The van der Waals surface area contributed by atoms with Gasteiger partial charge in [-0.3, -0.25) is 9.59 Å². The topological polar surface area (TPSA) is 67.9 Å². The largest absolute Gasteiger partial charge is 0.489 e. The van der Waals surface area contributed by atoms with E-state index in [1.807, 2.05) is 54.6 Å². The lowest BCUT2D eigenvalue weighted by Crippen LogP contribution is -2.60. The highest BCUT2D eigenvalue weighted by atomic mass is 19.4. The van der Waals surface area contributed by atoms with Crippen molar-refractivity contribution in [2.75, 3.05) is 26.7 Å². The molecule has 3 aromatic rings. The number of amides is 2. The van der Waals surface area contributed by atoms with Crippen LogP contribution in [0.3, 0.4) is 0 Å². The second kappa shape index (κ2) is 11.6. The molecule has 0 aromatic heterocycles. The molecule has 6 nitrogen and oxygen atoms in total. The fourth-order valence-electron chi connectivity index (χ4n) is 6.32. The van der Waals surface area contributed by atoms with E-state index in [9.17, 15) is 22.8 Å². The molecule has 2 aliphatic rings. The van der Waals surface area contributed by atoms with Crippen molar-refractivity contribution >= 4 is 11.8 Å². The Hall–Kier alpha value is -3.85. The lowest BCUT2D eigenvalue weighted by molar-refractivity contribution is -0.271. The van der Waals surface area contributed by atoms with Crippen LogP contribution in [0.15, 0.2) is 84.9 Å². The summed E-state index contributed by atoms with van der Waals surface area (Å²) < 4.78 is 54.9. The molecule has 216 valence electrons. The highest BCUT2D eigenvalue weighted by Crippen LogP contribution is 2.52. The lowest BCUT2D eigenvalue weighted by atomic mass is 9.62.